The summed E-state index contributed by atoms with van der Waals surface area (Å²) in [6.07, 6.45) is 4.80. The number of piperidine rings is 1. The van der Waals surface area contributed by atoms with Crippen LogP contribution in [0.4, 0.5) is 4.39 Å². The van der Waals surface area contributed by atoms with Crippen LogP contribution in [0.5, 0.6) is 0 Å². The highest BCUT2D eigenvalue weighted by Gasteiger charge is 2.26. The summed E-state index contributed by atoms with van der Waals surface area (Å²) in [6, 6.07) is 11.5. The van der Waals surface area contributed by atoms with E-state index in [9.17, 15) is 14.0 Å². The third-order valence-electron chi connectivity index (χ3n) is 5.25. The number of nitrogens with zero attached hydrogens (tertiary/aromatic N) is 3. The molecule has 0 saturated carbocycles. The number of H-pyrrole nitrogens is 1. The molecule has 0 aliphatic carbocycles. The molecule has 1 amide bonds. The predicted octanol–water partition coefficient (Wildman–Crippen LogP) is 2.92. The zero-order valence-corrected chi connectivity index (χ0v) is 15.8. The van der Waals surface area contributed by atoms with Crippen molar-refractivity contribution in [3.8, 4) is 11.3 Å². The summed E-state index contributed by atoms with van der Waals surface area (Å²) in [4.78, 5) is 38.0. The minimum absolute atomic E-state index is 0.0584. The van der Waals surface area contributed by atoms with Crippen molar-refractivity contribution < 1.29 is 9.18 Å². The molecule has 1 aliphatic heterocycles. The van der Waals surface area contributed by atoms with Crippen LogP contribution in [0.3, 0.4) is 0 Å². The number of aromatic nitrogens is 3. The average molecular weight is 392 g/mol. The zero-order valence-electron chi connectivity index (χ0n) is 15.8. The molecule has 148 valence electrons. The normalized spacial score (nSPS) is 14.7. The van der Waals surface area contributed by atoms with Gasteiger partial charge in [-0.1, -0.05) is 18.2 Å². The van der Waals surface area contributed by atoms with E-state index in [1.165, 1.54) is 12.1 Å². The Kier molecular flexibility index (Phi) is 5.46. The maximum absolute atomic E-state index is 13.8. The molecule has 3 aromatic rings. The van der Waals surface area contributed by atoms with Crippen molar-refractivity contribution in [1.29, 1.82) is 0 Å². The van der Waals surface area contributed by atoms with Gasteiger partial charge in [0, 0.05) is 43.0 Å². The number of aromatic amines is 1. The van der Waals surface area contributed by atoms with Crippen LogP contribution in [0.1, 0.15) is 30.1 Å². The molecule has 1 fully saturated rings. The third-order valence-corrected chi connectivity index (χ3v) is 5.25. The summed E-state index contributed by atoms with van der Waals surface area (Å²) >= 11 is 0. The summed E-state index contributed by atoms with van der Waals surface area (Å²) in [6.45, 7) is 1.11. The largest absolute Gasteiger partial charge is 0.342 e. The second-order valence-corrected chi connectivity index (χ2v) is 7.18. The standard InChI is InChI=1S/C22H21FN4O2/c23-18-6-2-1-4-16(18)12-21(29)27-10-7-15(8-11-27)22-25-19(13-20(28)26-22)17-5-3-9-24-14-17/h1-6,9,13-15H,7-8,10-12H2,(H,25,26,28). The van der Waals surface area contributed by atoms with Crippen LogP contribution in [-0.4, -0.2) is 38.8 Å². The summed E-state index contributed by atoms with van der Waals surface area (Å²) < 4.78 is 13.8. The van der Waals surface area contributed by atoms with Crippen LogP contribution < -0.4 is 5.56 Å². The Labute approximate surface area is 167 Å². The van der Waals surface area contributed by atoms with E-state index in [-0.39, 0.29) is 29.6 Å². The number of nitrogens with one attached hydrogen (secondary N) is 1. The topological polar surface area (TPSA) is 79.0 Å². The van der Waals surface area contributed by atoms with Crippen LogP contribution in [0.15, 0.2) is 59.7 Å². The molecule has 0 unspecified atom stereocenters. The molecular formula is C22H21FN4O2. The first-order chi connectivity index (χ1) is 14.1. The molecule has 0 radical (unpaired) electrons. The minimum Gasteiger partial charge on any atom is -0.342 e. The molecule has 1 N–H and O–H groups in total. The summed E-state index contributed by atoms with van der Waals surface area (Å²) in [5, 5.41) is 0. The second-order valence-electron chi connectivity index (χ2n) is 7.18. The van der Waals surface area contributed by atoms with Gasteiger partial charge in [-0.05, 0) is 36.6 Å². The van der Waals surface area contributed by atoms with Gasteiger partial charge in [0.15, 0.2) is 0 Å². The van der Waals surface area contributed by atoms with Gasteiger partial charge in [0.2, 0.25) is 5.91 Å². The zero-order chi connectivity index (χ0) is 20.2. The third kappa shape index (κ3) is 4.39. The van der Waals surface area contributed by atoms with Crippen molar-refractivity contribution in [1.82, 2.24) is 19.9 Å². The first-order valence-corrected chi connectivity index (χ1v) is 9.63. The van der Waals surface area contributed by atoms with E-state index in [1.54, 1.807) is 41.6 Å². The van der Waals surface area contributed by atoms with Gasteiger partial charge < -0.3 is 9.88 Å². The van der Waals surface area contributed by atoms with E-state index in [2.05, 4.69) is 15.0 Å². The SMILES string of the molecule is O=C(Cc1ccccc1F)N1CCC(c2nc(-c3cccnc3)cc(=O)[nH]2)CC1. The Morgan fingerprint density at radius 3 is 2.69 bits per heavy atom. The fourth-order valence-corrected chi connectivity index (χ4v) is 3.65. The number of benzene rings is 1. The second kappa shape index (κ2) is 8.34. The first-order valence-electron chi connectivity index (χ1n) is 9.63. The van der Waals surface area contributed by atoms with E-state index < -0.39 is 0 Å². The smallest absolute Gasteiger partial charge is 0.251 e. The van der Waals surface area contributed by atoms with Crippen LogP contribution in [0.25, 0.3) is 11.3 Å². The summed E-state index contributed by atoms with van der Waals surface area (Å²) in [5.74, 6) is 0.262. The lowest BCUT2D eigenvalue weighted by Gasteiger charge is -2.31. The van der Waals surface area contributed by atoms with Crippen molar-refractivity contribution in [2.75, 3.05) is 13.1 Å². The molecule has 29 heavy (non-hydrogen) atoms. The molecule has 1 aromatic carbocycles. The van der Waals surface area contributed by atoms with Gasteiger partial charge in [-0.3, -0.25) is 14.6 Å². The Hall–Kier alpha value is -3.35. The molecule has 3 heterocycles. The van der Waals surface area contributed by atoms with Crippen LogP contribution in [0.2, 0.25) is 0 Å². The van der Waals surface area contributed by atoms with Crippen molar-refractivity contribution in [2.45, 2.75) is 25.2 Å². The lowest BCUT2D eigenvalue weighted by molar-refractivity contribution is -0.131. The van der Waals surface area contributed by atoms with Gasteiger partial charge in [-0.2, -0.15) is 0 Å². The fraction of sp³-hybridized carbons (Fsp3) is 0.273. The average Bonchev–Trinajstić information content (AvgIpc) is 2.75. The Morgan fingerprint density at radius 2 is 1.97 bits per heavy atom. The fourth-order valence-electron chi connectivity index (χ4n) is 3.65. The van der Waals surface area contributed by atoms with Gasteiger partial charge >= 0.3 is 0 Å². The van der Waals surface area contributed by atoms with Crippen molar-refractivity contribution in [3.63, 3.8) is 0 Å². The highest BCUT2D eigenvalue weighted by Crippen LogP contribution is 2.27. The van der Waals surface area contributed by atoms with E-state index in [1.807, 2.05) is 6.07 Å². The summed E-state index contributed by atoms with van der Waals surface area (Å²) in [7, 11) is 0. The van der Waals surface area contributed by atoms with Crippen LogP contribution in [-0.2, 0) is 11.2 Å². The number of amides is 1. The highest BCUT2D eigenvalue weighted by atomic mass is 19.1. The number of pyridine rings is 1. The lowest BCUT2D eigenvalue weighted by Crippen LogP contribution is -2.39. The van der Waals surface area contributed by atoms with Gasteiger partial charge in [0.05, 0.1) is 12.1 Å². The number of rotatable bonds is 4. The Bertz CT molecular complexity index is 1060. The maximum atomic E-state index is 13.8. The number of likely N-dealkylation sites (tertiary alicyclic amines) is 1. The molecule has 1 aliphatic rings. The Morgan fingerprint density at radius 1 is 1.17 bits per heavy atom. The molecule has 0 spiro atoms. The van der Waals surface area contributed by atoms with E-state index >= 15 is 0 Å². The molecular weight excluding hydrogens is 371 g/mol. The highest BCUT2D eigenvalue weighted by molar-refractivity contribution is 5.79. The van der Waals surface area contributed by atoms with E-state index in [0.717, 1.165) is 5.56 Å². The van der Waals surface area contributed by atoms with E-state index in [4.69, 9.17) is 0 Å². The molecule has 7 heteroatoms. The van der Waals surface area contributed by atoms with Crippen molar-refractivity contribution >= 4 is 5.91 Å². The van der Waals surface area contributed by atoms with Crippen molar-refractivity contribution in [2.24, 2.45) is 0 Å². The van der Waals surface area contributed by atoms with Gasteiger partial charge in [0.25, 0.3) is 5.56 Å². The molecule has 0 atom stereocenters. The molecule has 1 saturated heterocycles. The molecule has 0 bridgehead atoms. The van der Waals surface area contributed by atoms with Crippen LogP contribution in [0, 0.1) is 5.82 Å². The monoisotopic (exact) mass is 392 g/mol. The molecule has 4 rings (SSSR count). The van der Waals surface area contributed by atoms with Crippen molar-refractivity contribution in [3.05, 3.63) is 82.4 Å². The number of carbonyl (C=O) groups is 1. The van der Waals surface area contributed by atoms with Crippen LogP contribution >= 0.6 is 0 Å². The quantitative estimate of drug-likeness (QED) is 0.741. The van der Waals surface area contributed by atoms with Gasteiger partial charge in [-0.25, -0.2) is 9.37 Å². The van der Waals surface area contributed by atoms with Gasteiger partial charge in [-0.15, -0.1) is 0 Å². The van der Waals surface area contributed by atoms with Gasteiger partial charge in [0.1, 0.15) is 11.6 Å². The lowest BCUT2D eigenvalue weighted by atomic mass is 9.95. The first kappa shape index (κ1) is 19.0. The molecule has 6 nitrogen and oxygen atoms in total. The Balaban J connectivity index is 1.43. The number of hydrogen-bond acceptors (Lipinski definition) is 4. The molecule has 2 aromatic heterocycles. The summed E-state index contributed by atoms with van der Waals surface area (Å²) in [5.41, 5.74) is 1.59. The number of hydrogen-bond donors (Lipinski definition) is 1. The number of carbonyl (C=O) groups excluding carboxylic acids is 1. The minimum atomic E-state index is -0.357. The number of halogens is 1. The van der Waals surface area contributed by atoms with E-state index in [0.29, 0.717) is 43.0 Å². The maximum Gasteiger partial charge on any atom is 0.251 e. The predicted molar refractivity (Wildman–Crippen MR) is 107 cm³/mol.